The van der Waals surface area contributed by atoms with E-state index in [1.807, 2.05) is 18.2 Å². The molecule has 0 fully saturated rings. The predicted octanol–water partition coefficient (Wildman–Crippen LogP) is 2.45. The molecule has 0 radical (unpaired) electrons. The largest absolute Gasteiger partial charge is 0.493 e. The van der Waals surface area contributed by atoms with Crippen LogP contribution >= 0.6 is 0 Å². The van der Waals surface area contributed by atoms with Gasteiger partial charge in [0.1, 0.15) is 0 Å². The molecule has 1 aromatic carbocycles. The standard InChI is InChI=1S/C23H38N2O7/c1-15(2)18(13-19(25-23(28)29)20(27)14-24-16(3)26)11-17-7-8-21(31-5)22(12-17)32-10-6-9-30-4/h7-8,12,15,18-20,25,27H,6,9-11,13-14H2,1-5H3,(H,24,26)(H,28,29)/t18-,19-,20-/m0/s1. The number of ether oxygens (including phenoxy) is 3. The lowest BCUT2D eigenvalue weighted by molar-refractivity contribution is -0.119. The number of rotatable bonds is 15. The van der Waals surface area contributed by atoms with Crippen molar-refractivity contribution in [2.75, 3.05) is 34.0 Å². The van der Waals surface area contributed by atoms with Crippen molar-refractivity contribution in [3.63, 3.8) is 0 Å². The van der Waals surface area contributed by atoms with Crippen molar-refractivity contribution in [2.45, 2.75) is 52.2 Å². The molecule has 3 atom stereocenters. The van der Waals surface area contributed by atoms with Gasteiger partial charge in [-0.05, 0) is 42.4 Å². The molecule has 9 nitrogen and oxygen atoms in total. The van der Waals surface area contributed by atoms with Crippen molar-refractivity contribution in [1.29, 1.82) is 0 Å². The fraction of sp³-hybridized carbons (Fsp3) is 0.652. The van der Waals surface area contributed by atoms with E-state index in [9.17, 15) is 19.8 Å². The Labute approximate surface area is 190 Å². The highest BCUT2D eigenvalue weighted by Crippen LogP contribution is 2.31. The van der Waals surface area contributed by atoms with Gasteiger partial charge in [-0.25, -0.2) is 4.79 Å². The van der Waals surface area contributed by atoms with Crippen molar-refractivity contribution in [2.24, 2.45) is 11.8 Å². The molecular formula is C23H38N2O7. The van der Waals surface area contributed by atoms with Gasteiger partial charge in [-0.2, -0.15) is 0 Å². The van der Waals surface area contributed by atoms with Crippen LogP contribution in [0, 0.1) is 11.8 Å². The van der Waals surface area contributed by atoms with Crippen LogP contribution in [0.1, 0.15) is 39.2 Å². The molecule has 0 aliphatic carbocycles. The Morgan fingerprint density at radius 1 is 1.12 bits per heavy atom. The summed E-state index contributed by atoms with van der Waals surface area (Å²) >= 11 is 0. The summed E-state index contributed by atoms with van der Waals surface area (Å²) in [5.41, 5.74) is 1.02. The number of aliphatic hydroxyl groups excluding tert-OH is 1. The van der Waals surface area contributed by atoms with Crippen LogP contribution in [-0.4, -0.2) is 68.3 Å². The molecule has 9 heteroatoms. The van der Waals surface area contributed by atoms with Crippen molar-refractivity contribution >= 4 is 12.0 Å². The molecule has 0 aromatic heterocycles. The summed E-state index contributed by atoms with van der Waals surface area (Å²) in [7, 11) is 3.24. The van der Waals surface area contributed by atoms with E-state index in [1.54, 1.807) is 14.2 Å². The number of hydrogen-bond acceptors (Lipinski definition) is 6. The smallest absolute Gasteiger partial charge is 0.404 e. The van der Waals surface area contributed by atoms with E-state index in [0.29, 0.717) is 37.6 Å². The molecule has 2 amide bonds. The van der Waals surface area contributed by atoms with Gasteiger partial charge in [0.2, 0.25) is 5.91 Å². The summed E-state index contributed by atoms with van der Waals surface area (Å²) in [6.45, 7) is 6.56. The maximum Gasteiger partial charge on any atom is 0.404 e. The first-order valence-corrected chi connectivity index (χ1v) is 10.9. The first-order chi connectivity index (χ1) is 15.2. The lowest BCUT2D eigenvalue weighted by Crippen LogP contribution is -2.49. The molecule has 0 saturated heterocycles. The minimum atomic E-state index is -1.21. The van der Waals surface area contributed by atoms with Gasteiger partial charge in [0, 0.05) is 33.6 Å². The number of carbonyl (C=O) groups excluding carboxylic acids is 1. The molecule has 0 bridgehead atoms. The fourth-order valence-corrected chi connectivity index (χ4v) is 3.43. The molecule has 0 saturated carbocycles. The highest BCUT2D eigenvalue weighted by molar-refractivity contribution is 5.72. The Morgan fingerprint density at radius 2 is 1.84 bits per heavy atom. The second-order valence-electron chi connectivity index (χ2n) is 8.18. The second kappa shape index (κ2) is 14.5. The van der Waals surface area contributed by atoms with Gasteiger partial charge < -0.3 is 35.1 Å². The van der Waals surface area contributed by atoms with Gasteiger partial charge in [-0.3, -0.25) is 4.79 Å². The number of methoxy groups -OCH3 is 2. The highest BCUT2D eigenvalue weighted by atomic mass is 16.5. The molecule has 0 heterocycles. The van der Waals surface area contributed by atoms with Crippen molar-refractivity contribution in [3.05, 3.63) is 23.8 Å². The van der Waals surface area contributed by atoms with Crippen LogP contribution in [0.15, 0.2) is 18.2 Å². The van der Waals surface area contributed by atoms with E-state index in [2.05, 4.69) is 24.5 Å². The lowest BCUT2D eigenvalue weighted by atomic mass is 9.83. The average molecular weight is 455 g/mol. The summed E-state index contributed by atoms with van der Waals surface area (Å²) in [5.74, 6) is 1.32. The zero-order chi connectivity index (χ0) is 24.1. The third-order valence-electron chi connectivity index (χ3n) is 5.31. The molecule has 1 rings (SSSR count). The number of carbonyl (C=O) groups is 2. The van der Waals surface area contributed by atoms with E-state index >= 15 is 0 Å². The van der Waals surface area contributed by atoms with E-state index in [4.69, 9.17) is 14.2 Å². The molecule has 4 N–H and O–H groups in total. The number of benzene rings is 1. The number of nitrogens with one attached hydrogen (secondary N) is 2. The average Bonchev–Trinajstić information content (AvgIpc) is 2.73. The third kappa shape index (κ3) is 10.2. The number of hydrogen-bond donors (Lipinski definition) is 4. The zero-order valence-electron chi connectivity index (χ0n) is 19.7. The fourth-order valence-electron chi connectivity index (χ4n) is 3.43. The Hall–Kier alpha value is -2.52. The monoisotopic (exact) mass is 454 g/mol. The highest BCUT2D eigenvalue weighted by Gasteiger charge is 2.27. The van der Waals surface area contributed by atoms with Gasteiger partial charge in [-0.15, -0.1) is 0 Å². The maximum absolute atomic E-state index is 11.3. The SMILES string of the molecule is COCCCOc1cc(C[C@@H](C[C@H](NC(=O)O)[C@@H](O)CNC(C)=O)C(C)C)ccc1OC. The summed E-state index contributed by atoms with van der Waals surface area (Å²) in [4.78, 5) is 22.4. The van der Waals surface area contributed by atoms with Crippen LogP contribution in [0.25, 0.3) is 0 Å². The van der Waals surface area contributed by atoms with Gasteiger partial charge in [0.25, 0.3) is 0 Å². The van der Waals surface area contributed by atoms with Crippen LogP contribution < -0.4 is 20.1 Å². The summed E-state index contributed by atoms with van der Waals surface area (Å²) in [6.07, 6.45) is -0.406. The Kier molecular flexibility index (Phi) is 12.5. The Morgan fingerprint density at radius 3 is 2.41 bits per heavy atom. The molecule has 0 aliphatic heterocycles. The quantitative estimate of drug-likeness (QED) is 0.300. The molecule has 32 heavy (non-hydrogen) atoms. The van der Waals surface area contributed by atoms with Crippen LogP contribution in [-0.2, 0) is 16.0 Å². The summed E-state index contributed by atoms with van der Waals surface area (Å²) in [5, 5.41) is 24.6. The first kappa shape index (κ1) is 27.5. The molecule has 0 spiro atoms. The Balaban J connectivity index is 2.95. The predicted molar refractivity (Wildman–Crippen MR) is 121 cm³/mol. The van der Waals surface area contributed by atoms with Crippen LogP contribution in [0.5, 0.6) is 11.5 Å². The maximum atomic E-state index is 11.3. The van der Waals surface area contributed by atoms with Gasteiger partial charge >= 0.3 is 6.09 Å². The summed E-state index contributed by atoms with van der Waals surface area (Å²) in [6, 6.07) is 5.05. The van der Waals surface area contributed by atoms with Crippen molar-refractivity contribution in [1.82, 2.24) is 10.6 Å². The van der Waals surface area contributed by atoms with Gasteiger partial charge in [0.15, 0.2) is 11.5 Å². The van der Waals surface area contributed by atoms with E-state index < -0.39 is 18.2 Å². The number of amides is 2. The minimum Gasteiger partial charge on any atom is -0.493 e. The van der Waals surface area contributed by atoms with E-state index in [1.165, 1.54) is 6.92 Å². The topological polar surface area (TPSA) is 126 Å². The van der Waals surface area contributed by atoms with Crippen LogP contribution in [0.2, 0.25) is 0 Å². The normalized spacial score (nSPS) is 13.8. The van der Waals surface area contributed by atoms with Crippen molar-refractivity contribution < 1.29 is 34.0 Å². The molecule has 0 aliphatic rings. The third-order valence-corrected chi connectivity index (χ3v) is 5.31. The number of carboxylic acid groups (broad SMARTS) is 1. The van der Waals surface area contributed by atoms with Gasteiger partial charge in [0.05, 0.1) is 25.9 Å². The van der Waals surface area contributed by atoms with Crippen molar-refractivity contribution in [3.8, 4) is 11.5 Å². The van der Waals surface area contributed by atoms with Crippen LogP contribution in [0.3, 0.4) is 0 Å². The van der Waals surface area contributed by atoms with Gasteiger partial charge in [-0.1, -0.05) is 19.9 Å². The molecule has 182 valence electrons. The van der Waals surface area contributed by atoms with E-state index in [0.717, 1.165) is 12.0 Å². The summed E-state index contributed by atoms with van der Waals surface area (Å²) < 4.78 is 16.3. The molecular weight excluding hydrogens is 416 g/mol. The Bertz CT molecular complexity index is 712. The lowest BCUT2D eigenvalue weighted by Gasteiger charge is -2.29. The van der Waals surface area contributed by atoms with Crippen LogP contribution in [0.4, 0.5) is 4.79 Å². The molecule has 1 aromatic rings. The first-order valence-electron chi connectivity index (χ1n) is 10.9. The second-order valence-corrected chi connectivity index (χ2v) is 8.18. The zero-order valence-corrected chi connectivity index (χ0v) is 19.7. The van der Waals surface area contributed by atoms with E-state index in [-0.39, 0.29) is 24.3 Å². The minimum absolute atomic E-state index is 0.0207. The molecule has 0 unspecified atom stereocenters. The number of aliphatic hydroxyl groups is 1.